The summed E-state index contributed by atoms with van der Waals surface area (Å²) < 4.78 is 0. The minimum absolute atomic E-state index is 0.554. The van der Waals surface area contributed by atoms with Crippen LogP contribution in [0.2, 0.25) is 0 Å². The molecule has 12 heavy (non-hydrogen) atoms. The van der Waals surface area contributed by atoms with Gasteiger partial charge in [0, 0.05) is 12.1 Å². The highest BCUT2D eigenvalue weighted by Crippen LogP contribution is 2.15. The molecule has 0 spiro atoms. The maximum absolute atomic E-state index is 5.66. The Labute approximate surface area is 72.2 Å². The van der Waals surface area contributed by atoms with Crippen LogP contribution in [-0.4, -0.2) is 16.5 Å². The standard InChI is InChI=1S/C8H14N4/c1-4-10-8-5(2)7(9)11-6(3)12-8/h4H2,1-3H3,(H3,9,10,11,12). The van der Waals surface area contributed by atoms with Gasteiger partial charge in [-0.25, -0.2) is 9.97 Å². The number of nitrogen functional groups attached to an aromatic ring is 1. The summed E-state index contributed by atoms with van der Waals surface area (Å²) in [6.45, 7) is 6.60. The van der Waals surface area contributed by atoms with E-state index in [0.29, 0.717) is 11.6 Å². The summed E-state index contributed by atoms with van der Waals surface area (Å²) in [5.41, 5.74) is 6.58. The molecule has 4 heteroatoms. The number of rotatable bonds is 2. The van der Waals surface area contributed by atoms with Crippen LogP contribution >= 0.6 is 0 Å². The SMILES string of the molecule is CCNc1nc(C)nc(N)c1C. The molecule has 1 aromatic heterocycles. The number of hydrogen-bond acceptors (Lipinski definition) is 4. The summed E-state index contributed by atoms with van der Waals surface area (Å²) in [7, 11) is 0. The summed E-state index contributed by atoms with van der Waals surface area (Å²) in [6, 6.07) is 0. The van der Waals surface area contributed by atoms with Crippen LogP contribution in [0.15, 0.2) is 0 Å². The maximum Gasteiger partial charge on any atom is 0.134 e. The van der Waals surface area contributed by atoms with Crippen LogP contribution in [0.25, 0.3) is 0 Å². The van der Waals surface area contributed by atoms with Crippen LogP contribution in [0.4, 0.5) is 11.6 Å². The molecule has 0 bridgehead atoms. The molecule has 0 atom stereocenters. The smallest absolute Gasteiger partial charge is 0.134 e. The molecule has 1 heterocycles. The zero-order chi connectivity index (χ0) is 9.14. The molecule has 0 saturated carbocycles. The fourth-order valence-corrected chi connectivity index (χ4v) is 0.990. The summed E-state index contributed by atoms with van der Waals surface area (Å²) in [6.07, 6.45) is 0. The first-order chi connectivity index (χ1) is 5.65. The van der Waals surface area contributed by atoms with Gasteiger partial charge in [-0.3, -0.25) is 0 Å². The van der Waals surface area contributed by atoms with E-state index in [1.165, 1.54) is 0 Å². The van der Waals surface area contributed by atoms with Gasteiger partial charge < -0.3 is 11.1 Å². The van der Waals surface area contributed by atoms with Gasteiger partial charge in [-0.2, -0.15) is 0 Å². The van der Waals surface area contributed by atoms with Gasteiger partial charge in [-0.1, -0.05) is 0 Å². The normalized spacial score (nSPS) is 9.92. The first kappa shape index (κ1) is 8.77. The first-order valence-electron chi connectivity index (χ1n) is 3.99. The number of hydrogen-bond donors (Lipinski definition) is 2. The third-order valence-electron chi connectivity index (χ3n) is 1.64. The van der Waals surface area contributed by atoms with E-state index in [4.69, 9.17) is 5.73 Å². The Morgan fingerprint density at radius 1 is 1.33 bits per heavy atom. The largest absolute Gasteiger partial charge is 0.383 e. The predicted molar refractivity (Wildman–Crippen MR) is 50.1 cm³/mol. The monoisotopic (exact) mass is 166 g/mol. The van der Waals surface area contributed by atoms with Gasteiger partial charge in [-0.15, -0.1) is 0 Å². The van der Waals surface area contributed by atoms with Crippen LogP contribution in [0, 0.1) is 13.8 Å². The van der Waals surface area contributed by atoms with Crippen molar-refractivity contribution in [1.82, 2.24) is 9.97 Å². The molecule has 1 rings (SSSR count). The van der Waals surface area contributed by atoms with Crippen LogP contribution < -0.4 is 11.1 Å². The molecule has 0 unspecified atom stereocenters. The summed E-state index contributed by atoms with van der Waals surface area (Å²) in [4.78, 5) is 8.26. The molecule has 0 aliphatic heterocycles. The van der Waals surface area contributed by atoms with Gasteiger partial charge in [-0.05, 0) is 20.8 Å². The third kappa shape index (κ3) is 1.64. The van der Waals surface area contributed by atoms with Gasteiger partial charge in [0.1, 0.15) is 17.5 Å². The van der Waals surface area contributed by atoms with E-state index in [0.717, 1.165) is 17.9 Å². The van der Waals surface area contributed by atoms with Crippen molar-refractivity contribution in [2.45, 2.75) is 20.8 Å². The van der Waals surface area contributed by atoms with Crippen molar-refractivity contribution in [2.75, 3.05) is 17.6 Å². The van der Waals surface area contributed by atoms with Crippen molar-refractivity contribution < 1.29 is 0 Å². The van der Waals surface area contributed by atoms with E-state index in [9.17, 15) is 0 Å². The molecule has 0 fully saturated rings. The highest BCUT2D eigenvalue weighted by molar-refractivity contribution is 5.54. The van der Waals surface area contributed by atoms with Gasteiger partial charge in [0.2, 0.25) is 0 Å². The van der Waals surface area contributed by atoms with E-state index in [-0.39, 0.29) is 0 Å². The molecule has 0 aromatic carbocycles. The lowest BCUT2D eigenvalue weighted by molar-refractivity contribution is 1.02. The minimum Gasteiger partial charge on any atom is -0.383 e. The number of nitrogens with zero attached hydrogens (tertiary/aromatic N) is 2. The minimum atomic E-state index is 0.554. The highest BCUT2D eigenvalue weighted by atomic mass is 15.0. The second-order valence-corrected chi connectivity index (χ2v) is 2.66. The Hall–Kier alpha value is -1.32. The zero-order valence-electron chi connectivity index (χ0n) is 7.68. The van der Waals surface area contributed by atoms with Crippen molar-refractivity contribution in [1.29, 1.82) is 0 Å². The van der Waals surface area contributed by atoms with Gasteiger partial charge in [0.25, 0.3) is 0 Å². The third-order valence-corrected chi connectivity index (χ3v) is 1.64. The molecule has 1 aromatic rings. The predicted octanol–water partition coefficient (Wildman–Crippen LogP) is 1.11. The van der Waals surface area contributed by atoms with E-state index < -0.39 is 0 Å². The molecule has 66 valence electrons. The Bertz CT molecular complexity index is 283. The average Bonchev–Trinajstić information content (AvgIpc) is 2.00. The van der Waals surface area contributed by atoms with Crippen molar-refractivity contribution >= 4 is 11.6 Å². The second kappa shape index (κ2) is 3.38. The number of nitrogens with two attached hydrogens (primary N) is 1. The molecule has 0 radical (unpaired) electrons. The molecule has 0 saturated heterocycles. The van der Waals surface area contributed by atoms with E-state index in [1.807, 2.05) is 20.8 Å². The number of aromatic nitrogens is 2. The van der Waals surface area contributed by atoms with Crippen molar-refractivity contribution in [3.8, 4) is 0 Å². The van der Waals surface area contributed by atoms with Crippen molar-refractivity contribution in [3.63, 3.8) is 0 Å². The average molecular weight is 166 g/mol. The van der Waals surface area contributed by atoms with E-state index in [2.05, 4.69) is 15.3 Å². The van der Waals surface area contributed by atoms with Crippen LogP contribution in [-0.2, 0) is 0 Å². The Balaban J connectivity index is 3.09. The zero-order valence-corrected chi connectivity index (χ0v) is 7.68. The number of anilines is 2. The van der Waals surface area contributed by atoms with Crippen LogP contribution in [0.1, 0.15) is 18.3 Å². The maximum atomic E-state index is 5.66. The summed E-state index contributed by atoms with van der Waals surface area (Å²) in [5, 5.41) is 3.13. The first-order valence-corrected chi connectivity index (χ1v) is 3.99. The molecule has 0 aliphatic carbocycles. The van der Waals surface area contributed by atoms with Crippen LogP contribution in [0.3, 0.4) is 0 Å². The second-order valence-electron chi connectivity index (χ2n) is 2.66. The lowest BCUT2D eigenvalue weighted by Gasteiger charge is -2.08. The van der Waals surface area contributed by atoms with Crippen LogP contribution in [0.5, 0.6) is 0 Å². The molecule has 0 aliphatic rings. The fraction of sp³-hybridized carbons (Fsp3) is 0.500. The van der Waals surface area contributed by atoms with Crippen molar-refractivity contribution in [2.24, 2.45) is 0 Å². The fourth-order valence-electron chi connectivity index (χ4n) is 0.990. The molecular weight excluding hydrogens is 152 g/mol. The Morgan fingerprint density at radius 2 is 2.00 bits per heavy atom. The number of nitrogens with one attached hydrogen (secondary N) is 1. The topological polar surface area (TPSA) is 63.8 Å². The molecule has 3 N–H and O–H groups in total. The van der Waals surface area contributed by atoms with E-state index in [1.54, 1.807) is 0 Å². The van der Waals surface area contributed by atoms with Gasteiger partial charge in [0.15, 0.2) is 0 Å². The number of aryl methyl sites for hydroxylation is 1. The molecular formula is C8H14N4. The quantitative estimate of drug-likeness (QED) is 0.690. The molecule has 0 amide bonds. The van der Waals surface area contributed by atoms with E-state index >= 15 is 0 Å². The van der Waals surface area contributed by atoms with Gasteiger partial charge >= 0.3 is 0 Å². The highest BCUT2D eigenvalue weighted by Gasteiger charge is 2.04. The van der Waals surface area contributed by atoms with Gasteiger partial charge in [0.05, 0.1) is 0 Å². The Kier molecular flexibility index (Phi) is 2.47. The summed E-state index contributed by atoms with van der Waals surface area (Å²) >= 11 is 0. The lowest BCUT2D eigenvalue weighted by Crippen LogP contribution is -2.07. The lowest BCUT2D eigenvalue weighted by atomic mass is 10.3. The van der Waals surface area contributed by atoms with Crippen molar-refractivity contribution in [3.05, 3.63) is 11.4 Å². The Morgan fingerprint density at radius 3 is 2.58 bits per heavy atom. The molecule has 4 nitrogen and oxygen atoms in total. The summed E-state index contributed by atoms with van der Waals surface area (Å²) in [5.74, 6) is 2.09.